The highest BCUT2D eigenvalue weighted by atomic mass is 15.3. The van der Waals surface area contributed by atoms with Gasteiger partial charge in [-0.1, -0.05) is 6.07 Å². The minimum Gasteiger partial charge on any atom is -0.354 e. The zero-order chi connectivity index (χ0) is 14.7. The standard InChI is InChI=1S/C16H27N5/c1-19-8-5-16(14-17,6-9-19)21-12-10-20(11-13-21)15-4-2-3-7-18-15/h2-4,7H,5-6,8-14,17H2,1H3. The first-order chi connectivity index (χ1) is 10.2. The molecule has 0 spiro atoms. The van der Waals surface area contributed by atoms with Crippen LogP contribution in [0.4, 0.5) is 5.82 Å². The average Bonchev–Trinajstić information content (AvgIpc) is 2.57. The molecule has 0 aliphatic carbocycles. The Hall–Kier alpha value is -1.17. The summed E-state index contributed by atoms with van der Waals surface area (Å²) >= 11 is 0. The molecule has 0 bridgehead atoms. The molecule has 5 nitrogen and oxygen atoms in total. The summed E-state index contributed by atoms with van der Waals surface area (Å²) in [6.45, 7) is 7.40. The minimum absolute atomic E-state index is 0.225. The number of hydrogen-bond donors (Lipinski definition) is 1. The highest BCUT2D eigenvalue weighted by molar-refractivity contribution is 5.38. The fraction of sp³-hybridized carbons (Fsp3) is 0.688. The van der Waals surface area contributed by atoms with Gasteiger partial charge >= 0.3 is 0 Å². The largest absolute Gasteiger partial charge is 0.354 e. The van der Waals surface area contributed by atoms with Crippen LogP contribution in [0.15, 0.2) is 24.4 Å². The molecule has 116 valence electrons. The van der Waals surface area contributed by atoms with E-state index in [4.69, 9.17) is 5.73 Å². The predicted octanol–water partition coefficient (Wildman–Crippen LogP) is 0.627. The molecule has 3 rings (SSSR count). The van der Waals surface area contributed by atoms with Gasteiger partial charge in [0, 0.05) is 44.5 Å². The molecule has 0 aromatic carbocycles. The Kier molecular flexibility index (Phi) is 4.42. The zero-order valence-electron chi connectivity index (χ0n) is 13.0. The number of pyridine rings is 1. The van der Waals surface area contributed by atoms with Gasteiger partial charge in [-0.15, -0.1) is 0 Å². The van der Waals surface area contributed by atoms with E-state index in [1.54, 1.807) is 0 Å². The van der Waals surface area contributed by atoms with Crippen LogP contribution in [0.3, 0.4) is 0 Å². The van der Waals surface area contributed by atoms with E-state index in [1.165, 1.54) is 12.8 Å². The highest BCUT2D eigenvalue weighted by Gasteiger charge is 2.39. The first-order valence-corrected chi connectivity index (χ1v) is 8.03. The Morgan fingerprint density at radius 1 is 1.10 bits per heavy atom. The van der Waals surface area contributed by atoms with Crippen molar-refractivity contribution < 1.29 is 0 Å². The number of rotatable bonds is 3. The molecular weight excluding hydrogens is 262 g/mol. The van der Waals surface area contributed by atoms with E-state index in [0.29, 0.717) is 0 Å². The summed E-state index contributed by atoms with van der Waals surface area (Å²) in [6, 6.07) is 6.14. The number of piperazine rings is 1. The molecule has 2 aliphatic rings. The molecule has 0 amide bonds. The second-order valence-electron chi connectivity index (χ2n) is 6.39. The molecule has 1 aromatic rings. The zero-order valence-corrected chi connectivity index (χ0v) is 13.0. The SMILES string of the molecule is CN1CCC(CN)(N2CCN(c3ccccn3)CC2)CC1. The van der Waals surface area contributed by atoms with E-state index in [9.17, 15) is 0 Å². The number of aromatic nitrogens is 1. The van der Waals surface area contributed by atoms with Crippen molar-refractivity contribution in [1.82, 2.24) is 14.8 Å². The van der Waals surface area contributed by atoms with Crippen molar-refractivity contribution in [2.45, 2.75) is 18.4 Å². The lowest BCUT2D eigenvalue weighted by Crippen LogP contribution is -2.63. The van der Waals surface area contributed by atoms with Crippen molar-refractivity contribution in [2.75, 3.05) is 57.8 Å². The number of nitrogens with zero attached hydrogens (tertiary/aromatic N) is 4. The minimum atomic E-state index is 0.225. The van der Waals surface area contributed by atoms with Gasteiger partial charge in [0.15, 0.2) is 0 Å². The molecule has 2 saturated heterocycles. The second-order valence-corrected chi connectivity index (χ2v) is 6.39. The third kappa shape index (κ3) is 3.05. The molecule has 0 radical (unpaired) electrons. The van der Waals surface area contributed by atoms with Gasteiger partial charge in [-0.2, -0.15) is 0 Å². The van der Waals surface area contributed by atoms with Crippen LogP contribution in [0.2, 0.25) is 0 Å². The van der Waals surface area contributed by atoms with Crippen LogP contribution in [0.1, 0.15) is 12.8 Å². The van der Waals surface area contributed by atoms with Crippen LogP contribution in [0.5, 0.6) is 0 Å². The van der Waals surface area contributed by atoms with E-state index in [0.717, 1.165) is 51.6 Å². The number of nitrogens with two attached hydrogens (primary N) is 1. The Bertz CT molecular complexity index is 433. The van der Waals surface area contributed by atoms with Gasteiger partial charge in [0.1, 0.15) is 5.82 Å². The molecule has 0 unspecified atom stereocenters. The van der Waals surface area contributed by atoms with Crippen molar-refractivity contribution in [3.05, 3.63) is 24.4 Å². The Morgan fingerprint density at radius 2 is 1.81 bits per heavy atom. The van der Waals surface area contributed by atoms with E-state index in [2.05, 4.69) is 38.9 Å². The smallest absolute Gasteiger partial charge is 0.128 e. The van der Waals surface area contributed by atoms with Crippen molar-refractivity contribution >= 4 is 5.82 Å². The van der Waals surface area contributed by atoms with Crippen molar-refractivity contribution in [3.63, 3.8) is 0 Å². The Morgan fingerprint density at radius 3 is 2.38 bits per heavy atom. The molecular formula is C16H27N5. The van der Waals surface area contributed by atoms with Crippen molar-refractivity contribution in [3.8, 4) is 0 Å². The summed E-state index contributed by atoms with van der Waals surface area (Å²) in [6.07, 6.45) is 4.27. The number of hydrogen-bond acceptors (Lipinski definition) is 5. The summed E-state index contributed by atoms with van der Waals surface area (Å²) < 4.78 is 0. The molecule has 5 heteroatoms. The lowest BCUT2D eigenvalue weighted by atomic mass is 9.85. The average molecular weight is 289 g/mol. The molecule has 2 aliphatic heterocycles. The van der Waals surface area contributed by atoms with Gasteiger partial charge in [-0.25, -0.2) is 4.98 Å². The lowest BCUT2D eigenvalue weighted by molar-refractivity contribution is 0.0296. The maximum absolute atomic E-state index is 6.17. The highest BCUT2D eigenvalue weighted by Crippen LogP contribution is 2.29. The fourth-order valence-electron chi connectivity index (χ4n) is 3.63. The third-order valence-electron chi connectivity index (χ3n) is 5.22. The van der Waals surface area contributed by atoms with Crippen LogP contribution in [-0.4, -0.2) is 73.2 Å². The maximum atomic E-state index is 6.17. The molecule has 2 N–H and O–H groups in total. The molecule has 0 saturated carbocycles. The van der Waals surface area contributed by atoms with Gasteiger partial charge in [0.2, 0.25) is 0 Å². The topological polar surface area (TPSA) is 48.6 Å². The number of piperidine rings is 1. The Labute approximate surface area is 127 Å². The van der Waals surface area contributed by atoms with Gasteiger partial charge in [-0.05, 0) is 45.1 Å². The van der Waals surface area contributed by atoms with Gasteiger partial charge < -0.3 is 15.5 Å². The van der Waals surface area contributed by atoms with Crippen LogP contribution in [0, 0.1) is 0 Å². The lowest BCUT2D eigenvalue weighted by Gasteiger charge is -2.50. The number of likely N-dealkylation sites (tertiary alicyclic amines) is 1. The molecule has 2 fully saturated rings. The first-order valence-electron chi connectivity index (χ1n) is 8.03. The van der Waals surface area contributed by atoms with Gasteiger partial charge in [0.25, 0.3) is 0 Å². The normalized spacial score (nSPS) is 24.2. The number of anilines is 1. The van der Waals surface area contributed by atoms with Crippen molar-refractivity contribution in [1.29, 1.82) is 0 Å². The monoisotopic (exact) mass is 289 g/mol. The van der Waals surface area contributed by atoms with E-state index < -0.39 is 0 Å². The second kappa shape index (κ2) is 6.30. The van der Waals surface area contributed by atoms with Gasteiger partial charge in [-0.3, -0.25) is 4.90 Å². The van der Waals surface area contributed by atoms with Gasteiger partial charge in [0.05, 0.1) is 0 Å². The predicted molar refractivity (Wildman–Crippen MR) is 86.5 cm³/mol. The molecule has 0 atom stereocenters. The van der Waals surface area contributed by atoms with E-state index in [-0.39, 0.29) is 5.54 Å². The van der Waals surface area contributed by atoms with Crippen LogP contribution in [-0.2, 0) is 0 Å². The van der Waals surface area contributed by atoms with Crippen molar-refractivity contribution in [2.24, 2.45) is 5.73 Å². The van der Waals surface area contributed by atoms with E-state index in [1.807, 2.05) is 12.3 Å². The summed E-state index contributed by atoms with van der Waals surface area (Å²) in [7, 11) is 2.21. The molecule has 3 heterocycles. The summed E-state index contributed by atoms with van der Waals surface area (Å²) in [5.74, 6) is 1.10. The van der Waals surface area contributed by atoms with E-state index >= 15 is 0 Å². The maximum Gasteiger partial charge on any atom is 0.128 e. The van der Waals surface area contributed by atoms with Crippen LogP contribution in [0.25, 0.3) is 0 Å². The quantitative estimate of drug-likeness (QED) is 0.884. The first kappa shape index (κ1) is 14.8. The van der Waals surface area contributed by atoms with Crippen LogP contribution < -0.4 is 10.6 Å². The summed E-state index contributed by atoms with van der Waals surface area (Å²) in [5, 5.41) is 0. The molecule has 1 aromatic heterocycles. The third-order valence-corrected chi connectivity index (χ3v) is 5.22. The summed E-state index contributed by atoms with van der Waals surface area (Å²) in [4.78, 5) is 11.9. The Balaban J connectivity index is 1.62. The fourth-order valence-corrected chi connectivity index (χ4v) is 3.63. The molecule has 21 heavy (non-hydrogen) atoms. The van der Waals surface area contributed by atoms with Crippen LogP contribution >= 0.6 is 0 Å². The summed E-state index contributed by atoms with van der Waals surface area (Å²) in [5.41, 5.74) is 6.40.